The van der Waals surface area contributed by atoms with E-state index in [4.69, 9.17) is 38.9 Å². The van der Waals surface area contributed by atoms with Crippen molar-refractivity contribution in [3.8, 4) is 40.2 Å². The smallest absolute Gasteiger partial charge is 0.338 e. The van der Waals surface area contributed by atoms with Crippen LogP contribution in [0.3, 0.4) is 0 Å². The fourth-order valence-electron chi connectivity index (χ4n) is 5.54. The number of phenolic OH excluding ortho intramolecular Hbond substituents is 6. The van der Waals surface area contributed by atoms with Gasteiger partial charge in [-0.05, 0) is 30.3 Å². The van der Waals surface area contributed by atoms with Gasteiger partial charge in [-0.3, -0.25) is 0 Å². The molecule has 1 aromatic heterocycles. The van der Waals surface area contributed by atoms with Gasteiger partial charge < -0.3 is 69.5 Å². The van der Waals surface area contributed by atoms with Crippen LogP contribution in [-0.2, 0) is 41.4 Å². The number of phenols is 6. The number of hydrogen-bond acceptors (Lipinski definition) is 17. The Morgan fingerprint density at radius 1 is 0.800 bits per heavy atom. The van der Waals surface area contributed by atoms with Crippen LogP contribution in [0.25, 0.3) is 0 Å². The van der Waals surface area contributed by atoms with Crippen LogP contribution >= 0.6 is 0 Å². The number of halogens is 1. The summed E-state index contributed by atoms with van der Waals surface area (Å²) in [4.78, 5) is 13.4. The van der Waals surface area contributed by atoms with E-state index in [1.807, 2.05) is 0 Å². The van der Waals surface area contributed by atoms with Crippen molar-refractivity contribution in [3.05, 3.63) is 76.9 Å². The van der Waals surface area contributed by atoms with Crippen molar-refractivity contribution in [3.63, 3.8) is 0 Å². The maximum atomic E-state index is 14.2. The van der Waals surface area contributed by atoms with Gasteiger partial charge in [0.15, 0.2) is 41.0 Å². The largest absolute Gasteiger partial charge is 0.508 e. The molecule has 1 aliphatic heterocycles. The molecule has 55 heavy (non-hydrogen) atoms. The molecule has 0 amide bonds. The van der Waals surface area contributed by atoms with Crippen molar-refractivity contribution in [2.24, 2.45) is 5.73 Å². The summed E-state index contributed by atoms with van der Waals surface area (Å²) in [5.74, 6) is -6.08. The number of esters is 1. The average Bonchev–Trinajstić information content (AvgIpc) is 3.61. The predicted molar refractivity (Wildman–Crippen MR) is 187 cm³/mol. The summed E-state index contributed by atoms with van der Waals surface area (Å²) in [7, 11) is 0. The third kappa shape index (κ3) is 11.1. The minimum atomic E-state index is -1.50. The third-order valence-electron chi connectivity index (χ3n) is 8.17. The Morgan fingerprint density at radius 2 is 1.45 bits per heavy atom. The second-order valence-corrected chi connectivity index (χ2v) is 12.1. The third-order valence-corrected chi connectivity index (χ3v) is 8.17. The number of nitrogens with zero attached hydrogens (tertiary/aromatic N) is 3. The monoisotopic (exact) mass is 774 g/mol. The van der Waals surface area contributed by atoms with Gasteiger partial charge in [-0.25, -0.2) is 13.9 Å². The van der Waals surface area contributed by atoms with Crippen molar-refractivity contribution in [1.29, 1.82) is 0 Å². The molecule has 0 saturated carbocycles. The van der Waals surface area contributed by atoms with Crippen LogP contribution in [0.4, 0.5) is 4.39 Å². The van der Waals surface area contributed by atoms with E-state index in [1.165, 1.54) is 10.7 Å². The standard InChI is InChI=1S/C36H43FN4O14/c37-25-15-21(1-2-26(25)43)36(48)55-35-33(22-16-28(45)32(47)29(46)17-22)54-30-19-24(42)18-27(44)31(30)34(35)53-8-5-41-20-23(39-40-41)3-6-49-9-11-51-13-14-52-12-10-50-7-4-38/h1-2,15-20,33-35,42-47H,3-14,38H2. The van der Waals surface area contributed by atoms with Gasteiger partial charge in [0.1, 0.15) is 23.4 Å². The Bertz CT molecular complexity index is 1860. The molecule has 0 fully saturated rings. The van der Waals surface area contributed by atoms with E-state index >= 15 is 0 Å². The minimum absolute atomic E-state index is 0.00599. The molecule has 0 saturated heterocycles. The highest BCUT2D eigenvalue weighted by Gasteiger charge is 2.45. The van der Waals surface area contributed by atoms with E-state index in [1.54, 1.807) is 6.20 Å². The highest BCUT2D eigenvalue weighted by atomic mass is 19.1. The van der Waals surface area contributed by atoms with Crippen LogP contribution in [-0.4, -0.2) is 124 Å². The van der Waals surface area contributed by atoms with E-state index in [-0.39, 0.29) is 41.3 Å². The lowest BCUT2D eigenvalue weighted by Crippen LogP contribution is -2.40. The van der Waals surface area contributed by atoms with Crippen LogP contribution in [0, 0.1) is 5.82 Å². The molecule has 298 valence electrons. The van der Waals surface area contributed by atoms with Gasteiger partial charge in [0.05, 0.1) is 82.8 Å². The van der Waals surface area contributed by atoms with Gasteiger partial charge in [0, 0.05) is 36.9 Å². The highest BCUT2D eigenvalue weighted by molar-refractivity contribution is 5.89. The lowest BCUT2D eigenvalue weighted by atomic mass is 9.90. The molecule has 0 aliphatic carbocycles. The maximum absolute atomic E-state index is 14.2. The van der Waals surface area contributed by atoms with Gasteiger partial charge in [-0.1, -0.05) is 5.21 Å². The topological polar surface area (TPSA) is 260 Å². The van der Waals surface area contributed by atoms with Crippen molar-refractivity contribution >= 4 is 5.97 Å². The quantitative estimate of drug-likeness (QED) is 0.0364. The number of aromatic hydroxyl groups is 6. The molecule has 1 aliphatic rings. The number of benzene rings is 3. The van der Waals surface area contributed by atoms with Crippen molar-refractivity contribution in [1.82, 2.24) is 15.0 Å². The molecule has 3 aromatic carbocycles. The van der Waals surface area contributed by atoms with Crippen LogP contribution in [0.15, 0.2) is 48.7 Å². The van der Waals surface area contributed by atoms with Gasteiger partial charge in [0.25, 0.3) is 0 Å². The van der Waals surface area contributed by atoms with E-state index in [0.717, 1.165) is 36.4 Å². The number of carbonyl (C=O) groups excluding carboxylic acids is 1. The van der Waals surface area contributed by atoms with Gasteiger partial charge >= 0.3 is 5.97 Å². The SMILES string of the molecule is NCCOCCOCCOCCOCCc1cn(CCOC2c3c(O)cc(O)cc3OC(c3cc(O)c(O)c(O)c3)C2OC(=O)c2ccc(O)c(F)c2)nn1. The van der Waals surface area contributed by atoms with Gasteiger partial charge in [-0.15, -0.1) is 5.10 Å². The Balaban J connectivity index is 1.23. The maximum Gasteiger partial charge on any atom is 0.338 e. The fourth-order valence-corrected chi connectivity index (χ4v) is 5.54. The zero-order valence-corrected chi connectivity index (χ0v) is 29.6. The first-order valence-electron chi connectivity index (χ1n) is 17.2. The van der Waals surface area contributed by atoms with E-state index in [0.29, 0.717) is 71.5 Å². The van der Waals surface area contributed by atoms with Crippen molar-refractivity contribution < 1.29 is 73.0 Å². The zero-order chi connectivity index (χ0) is 39.3. The van der Waals surface area contributed by atoms with Gasteiger partial charge in [-0.2, -0.15) is 0 Å². The fraction of sp³-hybridized carbons (Fsp3) is 0.417. The lowest BCUT2D eigenvalue weighted by molar-refractivity contribution is -0.112. The number of carbonyl (C=O) groups is 1. The molecular formula is C36H43FN4O14. The number of hydrogen-bond donors (Lipinski definition) is 7. The molecule has 0 bridgehead atoms. The Labute approximate surface area is 313 Å². The molecule has 0 spiro atoms. The molecule has 4 aromatic rings. The number of nitrogens with two attached hydrogens (primary N) is 1. The summed E-state index contributed by atoms with van der Waals surface area (Å²) < 4.78 is 55.5. The molecular weight excluding hydrogens is 731 g/mol. The number of ether oxygens (including phenoxy) is 7. The summed E-state index contributed by atoms with van der Waals surface area (Å²) >= 11 is 0. The summed E-state index contributed by atoms with van der Waals surface area (Å²) in [6.45, 7) is 3.91. The Hall–Kier alpha value is -5.44. The Kier molecular flexibility index (Phi) is 14.6. The average molecular weight is 775 g/mol. The molecule has 18 nitrogen and oxygen atoms in total. The van der Waals surface area contributed by atoms with Crippen molar-refractivity contribution in [2.45, 2.75) is 31.3 Å². The number of fused-ring (bicyclic) bond motifs is 1. The van der Waals surface area contributed by atoms with E-state index in [2.05, 4.69) is 10.3 Å². The highest BCUT2D eigenvalue weighted by Crippen LogP contribution is 2.51. The second-order valence-electron chi connectivity index (χ2n) is 12.1. The van der Waals surface area contributed by atoms with Gasteiger partial charge in [0.2, 0.25) is 0 Å². The molecule has 0 radical (unpaired) electrons. The lowest BCUT2D eigenvalue weighted by Gasteiger charge is -2.39. The summed E-state index contributed by atoms with van der Waals surface area (Å²) in [5, 5.41) is 69.7. The first-order chi connectivity index (χ1) is 26.5. The zero-order valence-electron chi connectivity index (χ0n) is 29.6. The molecule has 19 heteroatoms. The van der Waals surface area contributed by atoms with E-state index < -0.39 is 58.8 Å². The number of rotatable bonds is 21. The van der Waals surface area contributed by atoms with Crippen molar-refractivity contribution in [2.75, 3.05) is 66.0 Å². The summed E-state index contributed by atoms with van der Waals surface area (Å²) in [5.41, 5.74) is 5.67. The minimum Gasteiger partial charge on any atom is -0.508 e. The van der Waals surface area contributed by atoms with Crippen LogP contribution in [0.5, 0.6) is 40.2 Å². The van der Waals surface area contributed by atoms with Crippen LogP contribution in [0.1, 0.15) is 39.4 Å². The summed E-state index contributed by atoms with van der Waals surface area (Å²) in [6.07, 6.45) is -2.09. The normalized spacial score (nSPS) is 16.4. The first kappa shape index (κ1) is 40.7. The molecule has 3 atom stereocenters. The number of aromatic nitrogens is 3. The second kappa shape index (κ2) is 19.8. The molecule has 5 rings (SSSR count). The van der Waals surface area contributed by atoms with Crippen LogP contribution in [0.2, 0.25) is 0 Å². The first-order valence-corrected chi connectivity index (χ1v) is 17.2. The molecule has 3 unspecified atom stereocenters. The van der Waals surface area contributed by atoms with E-state index in [9.17, 15) is 39.8 Å². The predicted octanol–water partition coefficient (Wildman–Crippen LogP) is 2.34. The van der Waals surface area contributed by atoms with Crippen LogP contribution < -0.4 is 10.5 Å². The Morgan fingerprint density at radius 3 is 2.11 bits per heavy atom. The summed E-state index contributed by atoms with van der Waals surface area (Å²) in [6, 6.07) is 7.17. The molecule has 2 heterocycles. The molecule has 8 N–H and O–H groups in total.